The molecule has 0 saturated heterocycles. The summed E-state index contributed by atoms with van der Waals surface area (Å²) in [5.41, 5.74) is 1.03. The lowest BCUT2D eigenvalue weighted by Gasteiger charge is -2.18. The van der Waals surface area contributed by atoms with Crippen LogP contribution in [0.3, 0.4) is 0 Å². The minimum absolute atomic E-state index is 0.00750. The maximum Gasteiger partial charge on any atom is 0.315 e. The Hall–Kier alpha value is -2.57. The van der Waals surface area contributed by atoms with Crippen molar-refractivity contribution < 1.29 is 4.79 Å². The van der Waals surface area contributed by atoms with Gasteiger partial charge in [-0.2, -0.15) is 0 Å². The summed E-state index contributed by atoms with van der Waals surface area (Å²) in [5.74, 6) is 0.713. The summed E-state index contributed by atoms with van der Waals surface area (Å²) in [6.07, 6.45) is 1.61. The van der Waals surface area contributed by atoms with E-state index in [1.807, 2.05) is 51.2 Å². The van der Waals surface area contributed by atoms with Gasteiger partial charge < -0.3 is 20.5 Å². The topological polar surface area (TPSA) is 83.9 Å². The highest BCUT2D eigenvalue weighted by Crippen LogP contribution is 2.07. The lowest BCUT2D eigenvalue weighted by molar-refractivity contribution is 0.234. The van der Waals surface area contributed by atoms with Gasteiger partial charge in [0.15, 0.2) is 5.82 Å². The third-order valence-electron chi connectivity index (χ3n) is 3.24. The van der Waals surface area contributed by atoms with Crippen molar-refractivity contribution in [3.8, 4) is 0 Å². The molecule has 0 fully saturated rings. The molecule has 2 aromatic rings. The van der Waals surface area contributed by atoms with Gasteiger partial charge in [0.2, 0.25) is 0 Å². The minimum atomic E-state index is -0.224. The van der Waals surface area contributed by atoms with Crippen LogP contribution in [0, 0.1) is 0 Å². The molecule has 0 aliphatic carbocycles. The second kappa shape index (κ2) is 7.44. The smallest absolute Gasteiger partial charge is 0.315 e. The molecule has 0 aliphatic heterocycles. The molecule has 118 valence electrons. The average Bonchev–Trinajstić information content (AvgIpc) is 2.92. The van der Waals surface area contributed by atoms with Crippen LogP contribution in [-0.2, 0) is 7.05 Å². The van der Waals surface area contributed by atoms with E-state index in [-0.39, 0.29) is 18.1 Å². The maximum atomic E-state index is 12.0. The number of carbonyl (C=O) groups is 1. The van der Waals surface area contributed by atoms with Gasteiger partial charge in [-0.3, -0.25) is 0 Å². The number of aryl methyl sites for hydroxylation is 1. The fraction of sp³-hybridized carbons (Fsp3) is 0.400. The molecule has 0 saturated carbocycles. The van der Waals surface area contributed by atoms with Gasteiger partial charge in [0.05, 0.1) is 6.04 Å². The van der Waals surface area contributed by atoms with E-state index >= 15 is 0 Å². The summed E-state index contributed by atoms with van der Waals surface area (Å²) in [6.45, 7) is 4.47. The Bertz CT molecular complexity index is 597. The van der Waals surface area contributed by atoms with Crippen LogP contribution >= 0.6 is 0 Å². The Labute approximate surface area is 130 Å². The molecule has 1 aromatic heterocycles. The highest BCUT2D eigenvalue weighted by Gasteiger charge is 2.15. The fourth-order valence-electron chi connectivity index (χ4n) is 2.09. The number of urea groups is 1. The molecule has 2 amide bonds. The summed E-state index contributed by atoms with van der Waals surface area (Å²) in [6, 6.07) is 9.44. The van der Waals surface area contributed by atoms with E-state index in [9.17, 15) is 4.79 Å². The number of hydrogen-bond donors (Lipinski definition) is 3. The molecule has 1 heterocycles. The van der Waals surface area contributed by atoms with Gasteiger partial charge in [0.1, 0.15) is 6.33 Å². The van der Waals surface area contributed by atoms with Crippen molar-refractivity contribution in [2.75, 3.05) is 11.9 Å². The van der Waals surface area contributed by atoms with Gasteiger partial charge in [-0.15, -0.1) is 10.2 Å². The second-order valence-corrected chi connectivity index (χ2v) is 5.29. The Balaban J connectivity index is 1.75. The van der Waals surface area contributed by atoms with Crippen LogP contribution in [0.15, 0.2) is 36.7 Å². The van der Waals surface area contributed by atoms with E-state index in [0.717, 1.165) is 5.69 Å². The first-order chi connectivity index (χ1) is 10.6. The summed E-state index contributed by atoms with van der Waals surface area (Å²) in [4.78, 5) is 12.0. The molecule has 2 atom stereocenters. The molecule has 0 spiro atoms. The Kier molecular flexibility index (Phi) is 5.35. The normalized spacial score (nSPS) is 13.2. The van der Waals surface area contributed by atoms with Crippen molar-refractivity contribution in [1.29, 1.82) is 0 Å². The first-order valence-electron chi connectivity index (χ1n) is 7.26. The van der Waals surface area contributed by atoms with E-state index in [1.165, 1.54) is 0 Å². The van der Waals surface area contributed by atoms with Gasteiger partial charge >= 0.3 is 6.03 Å². The van der Waals surface area contributed by atoms with Gasteiger partial charge in [0, 0.05) is 25.3 Å². The molecular formula is C15H22N6O. The molecule has 0 unspecified atom stereocenters. The monoisotopic (exact) mass is 302 g/mol. The number of amides is 2. The summed E-state index contributed by atoms with van der Waals surface area (Å²) in [7, 11) is 1.85. The third-order valence-corrected chi connectivity index (χ3v) is 3.24. The number of aromatic nitrogens is 3. The first kappa shape index (κ1) is 15.8. The maximum absolute atomic E-state index is 12.0. The second-order valence-electron chi connectivity index (χ2n) is 5.29. The third kappa shape index (κ3) is 4.47. The molecule has 0 aliphatic rings. The predicted molar refractivity (Wildman–Crippen MR) is 85.5 cm³/mol. The van der Waals surface area contributed by atoms with Crippen molar-refractivity contribution in [2.24, 2.45) is 7.05 Å². The van der Waals surface area contributed by atoms with Crippen molar-refractivity contribution >= 4 is 11.7 Å². The Morgan fingerprint density at radius 2 is 1.95 bits per heavy atom. The zero-order valence-corrected chi connectivity index (χ0v) is 13.1. The molecule has 0 bridgehead atoms. The minimum Gasteiger partial charge on any atom is -0.383 e. The first-order valence-corrected chi connectivity index (χ1v) is 7.26. The van der Waals surface area contributed by atoms with Gasteiger partial charge in [0.25, 0.3) is 0 Å². The number of hydrogen-bond acceptors (Lipinski definition) is 4. The largest absolute Gasteiger partial charge is 0.383 e. The lowest BCUT2D eigenvalue weighted by Crippen LogP contribution is -2.44. The number of carbonyl (C=O) groups excluding carboxylic acids is 1. The van der Waals surface area contributed by atoms with E-state index in [4.69, 9.17) is 0 Å². The van der Waals surface area contributed by atoms with Gasteiger partial charge in [-0.25, -0.2) is 4.79 Å². The standard InChI is InChI=1S/C15H22N6O/c1-11(9-16-13-7-5-4-6-8-13)18-15(22)19-12(2)14-20-17-10-21(14)3/h4-8,10-12,16H,9H2,1-3H3,(H2,18,19,22)/t11-,12+/m1/s1. The summed E-state index contributed by atoms with van der Waals surface area (Å²) >= 11 is 0. The molecule has 7 heteroatoms. The van der Waals surface area contributed by atoms with Crippen LogP contribution in [0.4, 0.5) is 10.5 Å². The van der Waals surface area contributed by atoms with Crippen molar-refractivity contribution in [3.05, 3.63) is 42.5 Å². The zero-order chi connectivity index (χ0) is 15.9. The molecular weight excluding hydrogens is 280 g/mol. The van der Waals surface area contributed by atoms with Crippen LogP contribution in [0.5, 0.6) is 0 Å². The Morgan fingerprint density at radius 1 is 1.23 bits per heavy atom. The number of nitrogens with zero attached hydrogens (tertiary/aromatic N) is 3. The van der Waals surface area contributed by atoms with Gasteiger partial charge in [-0.05, 0) is 26.0 Å². The van der Waals surface area contributed by atoms with Crippen molar-refractivity contribution in [3.63, 3.8) is 0 Å². The highest BCUT2D eigenvalue weighted by atomic mass is 16.2. The van der Waals surface area contributed by atoms with Crippen LogP contribution in [0.2, 0.25) is 0 Å². The van der Waals surface area contributed by atoms with Crippen LogP contribution in [0.1, 0.15) is 25.7 Å². The predicted octanol–water partition coefficient (Wildman–Crippen LogP) is 1.68. The van der Waals surface area contributed by atoms with Crippen molar-refractivity contribution in [2.45, 2.75) is 25.9 Å². The van der Waals surface area contributed by atoms with Crippen molar-refractivity contribution in [1.82, 2.24) is 25.4 Å². The fourth-order valence-corrected chi connectivity index (χ4v) is 2.09. The quantitative estimate of drug-likeness (QED) is 0.758. The van der Waals surface area contributed by atoms with E-state index in [0.29, 0.717) is 12.4 Å². The molecule has 1 aromatic carbocycles. The SMILES string of the molecule is C[C@H](CNc1ccccc1)NC(=O)N[C@@H](C)c1nncn1C. The van der Waals surface area contributed by atoms with E-state index < -0.39 is 0 Å². The highest BCUT2D eigenvalue weighted by molar-refractivity contribution is 5.74. The van der Waals surface area contributed by atoms with Crippen LogP contribution in [-0.4, -0.2) is 33.4 Å². The molecule has 7 nitrogen and oxygen atoms in total. The summed E-state index contributed by atoms with van der Waals surface area (Å²) < 4.78 is 1.78. The Morgan fingerprint density at radius 3 is 2.59 bits per heavy atom. The number of anilines is 1. The average molecular weight is 302 g/mol. The van der Waals surface area contributed by atoms with E-state index in [1.54, 1.807) is 10.9 Å². The molecule has 0 radical (unpaired) electrons. The summed E-state index contributed by atoms with van der Waals surface area (Å²) in [5, 5.41) is 16.8. The van der Waals surface area contributed by atoms with E-state index in [2.05, 4.69) is 26.1 Å². The van der Waals surface area contributed by atoms with Crippen LogP contribution < -0.4 is 16.0 Å². The lowest BCUT2D eigenvalue weighted by atomic mass is 10.3. The number of para-hydroxylation sites is 1. The number of rotatable bonds is 6. The number of benzene rings is 1. The van der Waals surface area contributed by atoms with Gasteiger partial charge in [-0.1, -0.05) is 18.2 Å². The zero-order valence-electron chi connectivity index (χ0n) is 13.1. The molecule has 22 heavy (non-hydrogen) atoms. The molecule has 2 rings (SSSR count). The molecule has 3 N–H and O–H groups in total. The van der Waals surface area contributed by atoms with Crippen LogP contribution in [0.25, 0.3) is 0 Å². The number of nitrogens with one attached hydrogen (secondary N) is 3.